The fraction of sp³-hybridized carbons (Fsp3) is 0.214. The zero-order chi connectivity index (χ0) is 15.4. The Hall–Kier alpha value is -2.67. The van der Waals surface area contributed by atoms with Crippen molar-refractivity contribution in [3.63, 3.8) is 0 Å². The van der Waals surface area contributed by atoms with E-state index in [9.17, 15) is 10.1 Å². The first-order valence-electron chi connectivity index (χ1n) is 6.45. The second-order valence-corrected chi connectivity index (χ2v) is 4.41. The van der Waals surface area contributed by atoms with Gasteiger partial charge < -0.3 is 10.2 Å². The first kappa shape index (κ1) is 14.7. The monoisotopic (exact) mass is 288 g/mol. The summed E-state index contributed by atoms with van der Waals surface area (Å²) in [6, 6.07) is 8.22. The predicted octanol–water partition coefficient (Wildman–Crippen LogP) is 2.94. The SMILES string of the molecule is CCc1nc(C)ccc1Oc1cccc(NN)c1[N+](=O)[O-]. The molecule has 0 aliphatic rings. The Morgan fingerprint density at radius 3 is 2.71 bits per heavy atom. The van der Waals surface area contributed by atoms with Crippen LogP contribution in [0.15, 0.2) is 30.3 Å². The molecule has 0 fully saturated rings. The van der Waals surface area contributed by atoms with Crippen molar-refractivity contribution in [2.45, 2.75) is 20.3 Å². The van der Waals surface area contributed by atoms with Gasteiger partial charge in [0.1, 0.15) is 11.4 Å². The zero-order valence-corrected chi connectivity index (χ0v) is 11.8. The standard InChI is InChI=1S/C14H16N4O3/c1-3-10-12(8-7-9(2)16-10)21-13-6-4-5-11(17-15)14(13)18(19)20/h4-8,17H,3,15H2,1-2H3. The third-order valence-electron chi connectivity index (χ3n) is 2.96. The lowest BCUT2D eigenvalue weighted by Crippen LogP contribution is -2.09. The van der Waals surface area contributed by atoms with Crippen molar-refractivity contribution in [3.05, 3.63) is 51.8 Å². The van der Waals surface area contributed by atoms with Crippen LogP contribution in [0, 0.1) is 17.0 Å². The summed E-state index contributed by atoms with van der Waals surface area (Å²) >= 11 is 0. The predicted molar refractivity (Wildman–Crippen MR) is 79.3 cm³/mol. The molecule has 2 aromatic rings. The number of hydrazine groups is 1. The van der Waals surface area contributed by atoms with Crippen LogP contribution in [-0.4, -0.2) is 9.91 Å². The highest BCUT2D eigenvalue weighted by Gasteiger charge is 2.21. The summed E-state index contributed by atoms with van der Waals surface area (Å²) in [4.78, 5) is 15.1. The van der Waals surface area contributed by atoms with E-state index in [4.69, 9.17) is 10.6 Å². The third kappa shape index (κ3) is 3.09. The largest absolute Gasteiger partial charge is 0.448 e. The van der Waals surface area contributed by atoms with Crippen LogP contribution < -0.4 is 16.0 Å². The van der Waals surface area contributed by atoms with Crippen molar-refractivity contribution in [1.82, 2.24) is 4.98 Å². The van der Waals surface area contributed by atoms with Crippen LogP contribution in [-0.2, 0) is 6.42 Å². The lowest BCUT2D eigenvalue weighted by Gasteiger charge is -2.11. The molecule has 3 N–H and O–H groups in total. The van der Waals surface area contributed by atoms with Crippen LogP contribution in [0.4, 0.5) is 11.4 Å². The summed E-state index contributed by atoms with van der Waals surface area (Å²) in [6.45, 7) is 3.82. The molecule has 0 bridgehead atoms. The Bertz CT molecular complexity index is 673. The summed E-state index contributed by atoms with van der Waals surface area (Å²) in [6.07, 6.45) is 0.666. The molecule has 1 heterocycles. The van der Waals surface area contributed by atoms with Gasteiger partial charge in [0.15, 0.2) is 0 Å². The Morgan fingerprint density at radius 2 is 2.10 bits per heavy atom. The Labute approximate surface area is 121 Å². The number of nitro groups is 1. The molecule has 0 aliphatic carbocycles. The molecule has 0 spiro atoms. The van der Waals surface area contributed by atoms with Gasteiger partial charge in [-0.3, -0.25) is 20.9 Å². The first-order chi connectivity index (χ1) is 10.1. The molecule has 7 heteroatoms. The van der Waals surface area contributed by atoms with Crippen molar-refractivity contribution in [1.29, 1.82) is 0 Å². The van der Waals surface area contributed by atoms with Crippen molar-refractivity contribution in [2.75, 3.05) is 5.43 Å². The molecule has 2 rings (SSSR count). The van der Waals surface area contributed by atoms with Crippen LogP contribution in [0.1, 0.15) is 18.3 Å². The molecular weight excluding hydrogens is 272 g/mol. The van der Waals surface area contributed by atoms with Gasteiger partial charge in [0, 0.05) is 5.69 Å². The van der Waals surface area contributed by atoms with E-state index in [0.717, 1.165) is 11.4 Å². The number of pyridine rings is 1. The molecule has 0 atom stereocenters. The van der Waals surface area contributed by atoms with Gasteiger partial charge in [-0.05, 0) is 37.6 Å². The van der Waals surface area contributed by atoms with Gasteiger partial charge in [-0.15, -0.1) is 0 Å². The number of para-hydroxylation sites is 1. The van der Waals surface area contributed by atoms with Crippen molar-refractivity contribution in [3.8, 4) is 11.5 Å². The van der Waals surface area contributed by atoms with Gasteiger partial charge in [-0.2, -0.15) is 0 Å². The van der Waals surface area contributed by atoms with E-state index >= 15 is 0 Å². The fourth-order valence-electron chi connectivity index (χ4n) is 1.97. The number of nitrogen functional groups attached to an aromatic ring is 1. The van der Waals surface area contributed by atoms with E-state index in [2.05, 4.69) is 10.4 Å². The second kappa shape index (κ2) is 6.19. The summed E-state index contributed by atoms with van der Waals surface area (Å²) < 4.78 is 5.69. The van der Waals surface area contributed by atoms with Crippen LogP contribution in [0.3, 0.4) is 0 Å². The third-order valence-corrected chi connectivity index (χ3v) is 2.96. The minimum atomic E-state index is -0.530. The topological polar surface area (TPSA) is 103 Å². The molecule has 0 unspecified atom stereocenters. The van der Waals surface area contributed by atoms with E-state index in [1.165, 1.54) is 12.1 Å². The fourth-order valence-corrected chi connectivity index (χ4v) is 1.97. The van der Waals surface area contributed by atoms with Crippen molar-refractivity contribution >= 4 is 11.4 Å². The molecule has 0 saturated heterocycles. The minimum Gasteiger partial charge on any atom is -0.448 e. The quantitative estimate of drug-likeness (QED) is 0.498. The lowest BCUT2D eigenvalue weighted by molar-refractivity contribution is -0.384. The second-order valence-electron chi connectivity index (χ2n) is 4.41. The highest BCUT2D eigenvalue weighted by molar-refractivity contribution is 5.68. The molecule has 0 saturated carbocycles. The maximum absolute atomic E-state index is 11.2. The molecule has 7 nitrogen and oxygen atoms in total. The van der Waals surface area contributed by atoms with Gasteiger partial charge in [-0.25, -0.2) is 0 Å². The maximum atomic E-state index is 11.2. The molecular formula is C14H16N4O3. The highest BCUT2D eigenvalue weighted by Crippen LogP contribution is 2.37. The van der Waals surface area contributed by atoms with Crippen molar-refractivity contribution in [2.24, 2.45) is 5.84 Å². The van der Waals surface area contributed by atoms with Crippen LogP contribution >= 0.6 is 0 Å². The average Bonchev–Trinajstić information content (AvgIpc) is 2.48. The summed E-state index contributed by atoms with van der Waals surface area (Å²) in [7, 11) is 0. The van der Waals surface area contributed by atoms with Gasteiger partial charge in [0.05, 0.1) is 10.6 Å². The number of ether oxygens (including phenoxy) is 1. The number of nitrogens with two attached hydrogens (primary N) is 1. The number of rotatable bonds is 5. The van der Waals surface area contributed by atoms with Gasteiger partial charge >= 0.3 is 5.69 Å². The molecule has 1 aromatic heterocycles. The van der Waals surface area contributed by atoms with Crippen LogP contribution in [0.2, 0.25) is 0 Å². The van der Waals surface area contributed by atoms with E-state index in [-0.39, 0.29) is 17.1 Å². The normalized spacial score (nSPS) is 10.2. The molecule has 110 valence electrons. The van der Waals surface area contributed by atoms with Gasteiger partial charge in [-0.1, -0.05) is 13.0 Å². The maximum Gasteiger partial charge on any atom is 0.335 e. The van der Waals surface area contributed by atoms with E-state index in [0.29, 0.717) is 12.2 Å². The number of benzene rings is 1. The van der Waals surface area contributed by atoms with E-state index in [1.54, 1.807) is 18.2 Å². The molecule has 0 radical (unpaired) electrons. The number of aromatic nitrogens is 1. The van der Waals surface area contributed by atoms with Crippen LogP contribution in [0.5, 0.6) is 11.5 Å². The summed E-state index contributed by atoms with van der Waals surface area (Å²) in [5, 5.41) is 11.2. The molecule has 0 aliphatic heterocycles. The minimum absolute atomic E-state index is 0.121. The van der Waals surface area contributed by atoms with Gasteiger partial charge in [0.25, 0.3) is 0 Å². The average molecular weight is 288 g/mol. The number of nitrogens with zero attached hydrogens (tertiary/aromatic N) is 2. The molecule has 1 aromatic carbocycles. The first-order valence-corrected chi connectivity index (χ1v) is 6.45. The number of aryl methyl sites for hydroxylation is 2. The Morgan fingerprint density at radius 1 is 1.33 bits per heavy atom. The highest BCUT2D eigenvalue weighted by atomic mass is 16.6. The number of hydrogen-bond donors (Lipinski definition) is 2. The lowest BCUT2D eigenvalue weighted by atomic mass is 10.2. The smallest absolute Gasteiger partial charge is 0.335 e. The number of nitrogens with one attached hydrogen (secondary N) is 1. The summed E-state index contributed by atoms with van der Waals surface area (Å²) in [5.74, 6) is 5.93. The van der Waals surface area contributed by atoms with E-state index in [1.807, 2.05) is 13.8 Å². The summed E-state index contributed by atoms with van der Waals surface area (Å²) in [5.41, 5.74) is 3.90. The van der Waals surface area contributed by atoms with Gasteiger partial charge in [0.2, 0.25) is 5.75 Å². The molecule has 21 heavy (non-hydrogen) atoms. The number of anilines is 1. The Kier molecular flexibility index (Phi) is 4.34. The number of nitro benzene ring substituents is 1. The van der Waals surface area contributed by atoms with E-state index < -0.39 is 4.92 Å². The zero-order valence-electron chi connectivity index (χ0n) is 11.8. The Balaban J connectivity index is 2.47. The van der Waals surface area contributed by atoms with Crippen molar-refractivity contribution < 1.29 is 9.66 Å². The van der Waals surface area contributed by atoms with Crippen LogP contribution in [0.25, 0.3) is 0 Å². The molecule has 0 amide bonds. The number of hydrogen-bond acceptors (Lipinski definition) is 6.